The van der Waals surface area contributed by atoms with Crippen LogP contribution < -0.4 is 0 Å². The van der Waals surface area contributed by atoms with Gasteiger partial charge in [-0.05, 0) is 25.0 Å². The van der Waals surface area contributed by atoms with E-state index in [4.69, 9.17) is 0 Å². The molecule has 2 fully saturated rings. The molecular weight excluding hydrogens is 318 g/mol. The first-order valence-electron chi connectivity index (χ1n) is 9.10. The first-order valence-corrected chi connectivity index (χ1v) is 9.10. The molecule has 0 bridgehead atoms. The molecule has 1 N–H and O–H groups in total. The second-order valence-corrected chi connectivity index (χ2v) is 7.18. The molecule has 1 aromatic heterocycles. The Kier molecular flexibility index (Phi) is 4.19. The van der Waals surface area contributed by atoms with Crippen LogP contribution in [0.1, 0.15) is 50.3 Å². The number of carboxylic acid groups (broad SMARTS) is 1. The summed E-state index contributed by atoms with van der Waals surface area (Å²) >= 11 is 0. The average molecular weight is 341 g/mol. The topological polar surface area (TPSA) is 75.4 Å². The van der Waals surface area contributed by atoms with Gasteiger partial charge in [0.05, 0.1) is 11.0 Å². The van der Waals surface area contributed by atoms with Gasteiger partial charge in [0, 0.05) is 24.9 Å². The lowest BCUT2D eigenvalue weighted by Gasteiger charge is -2.31. The lowest BCUT2D eigenvalue weighted by atomic mass is 9.94. The predicted molar refractivity (Wildman–Crippen MR) is 93.3 cm³/mol. The van der Waals surface area contributed by atoms with Crippen LogP contribution in [0.25, 0.3) is 11.0 Å². The van der Waals surface area contributed by atoms with E-state index in [0.29, 0.717) is 19.0 Å². The molecule has 1 atom stereocenters. The van der Waals surface area contributed by atoms with Crippen LogP contribution in [0.5, 0.6) is 0 Å². The van der Waals surface area contributed by atoms with Gasteiger partial charge < -0.3 is 14.6 Å². The highest BCUT2D eigenvalue weighted by molar-refractivity contribution is 5.82. The molecule has 6 heteroatoms. The fraction of sp³-hybridized carbons (Fsp3) is 0.526. The minimum absolute atomic E-state index is 0.0267. The number of carbonyl (C=O) groups is 2. The van der Waals surface area contributed by atoms with Gasteiger partial charge in [0.25, 0.3) is 0 Å². The largest absolute Gasteiger partial charge is 0.480 e. The fourth-order valence-electron chi connectivity index (χ4n) is 4.36. The van der Waals surface area contributed by atoms with Crippen molar-refractivity contribution in [3.8, 4) is 0 Å². The van der Waals surface area contributed by atoms with E-state index in [2.05, 4.69) is 4.98 Å². The Bertz CT molecular complexity index is 807. The molecule has 2 aromatic rings. The molecule has 6 nitrogen and oxygen atoms in total. The number of imidazole rings is 1. The summed E-state index contributed by atoms with van der Waals surface area (Å²) in [6.07, 6.45) is 6.25. The number of hydrogen-bond donors (Lipinski definition) is 1. The van der Waals surface area contributed by atoms with E-state index >= 15 is 0 Å². The number of carbonyl (C=O) groups excluding carboxylic acids is 1. The number of nitrogens with zero attached hydrogens (tertiary/aromatic N) is 3. The van der Waals surface area contributed by atoms with Gasteiger partial charge in [0.15, 0.2) is 0 Å². The molecule has 1 aliphatic carbocycles. The van der Waals surface area contributed by atoms with Gasteiger partial charge in [-0.25, -0.2) is 4.98 Å². The molecule has 0 radical (unpaired) electrons. The summed E-state index contributed by atoms with van der Waals surface area (Å²) in [6, 6.07) is 7.93. The van der Waals surface area contributed by atoms with Crippen molar-refractivity contribution in [1.82, 2.24) is 14.5 Å². The summed E-state index contributed by atoms with van der Waals surface area (Å²) in [4.78, 5) is 30.6. The maximum absolute atomic E-state index is 12.6. The number of para-hydroxylation sites is 2. The summed E-state index contributed by atoms with van der Waals surface area (Å²) in [5.74, 6) is 0.000121. The Labute approximate surface area is 146 Å². The first kappa shape index (κ1) is 16.1. The van der Waals surface area contributed by atoms with Gasteiger partial charge in [0.2, 0.25) is 5.91 Å². The number of amides is 1. The van der Waals surface area contributed by atoms with Crippen LogP contribution >= 0.6 is 0 Å². The lowest BCUT2D eigenvalue weighted by molar-refractivity contribution is -0.137. The Hall–Kier alpha value is -2.37. The van der Waals surface area contributed by atoms with Crippen molar-refractivity contribution in [2.45, 2.75) is 57.0 Å². The van der Waals surface area contributed by atoms with Crippen LogP contribution in [0.4, 0.5) is 0 Å². The van der Waals surface area contributed by atoms with Crippen molar-refractivity contribution >= 4 is 22.9 Å². The van der Waals surface area contributed by atoms with E-state index in [1.807, 2.05) is 29.2 Å². The van der Waals surface area contributed by atoms with Crippen LogP contribution in [-0.4, -0.2) is 44.0 Å². The van der Waals surface area contributed by atoms with Crippen molar-refractivity contribution in [2.75, 3.05) is 6.54 Å². The molecule has 1 aliphatic heterocycles. The van der Waals surface area contributed by atoms with Gasteiger partial charge in [-0.2, -0.15) is 0 Å². The molecule has 1 saturated heterocycles. The zero-order valence-electron chi connectivity index (χ0n) is 14.2. The summed E-state index contributed by atoms with van der Waals surface area (Å²) in [7, 11) is 0. The predicted octanol–water partition coefficient (Wildman–Crippen LogP) is 2.77. The summed E-state index contributed by atoms with van der Waals surface area (Å²) in [6.45, 7) is 0.538. The minimum atomic E-state index is -0.891. The number of aliphatic carboxylic acids is 1. The molecule has 4 rings (SSSR count). The Morgan fingerprint density at radius 2 is 1.96 bits per heavy atom. The highest BCUT2D eigenvalue weighted by atomic mass is 16.4. The second-order valence-electron chi connectivity index (χ2n) is 7.18. The van der Waals surface area contributed by atoms with Gasteiger partial charge in [0.1, 0.15) is 12.4 Å². The lowest BCUT2D eigenvalue weighted by Crippen LogP contribution is -2.37. The molecule has 132 valence electrons. The van der Waals surface area contributed by atoms with Crippen molar-refractivity contribution in [3.05, 3.63) is 30.1 Å². The van der Waals surface area contributed by atoms with E-state index in [1.165, 1.54) is 19.3 Å². The molecule has 0 spiro atoms. The molecule has 1 amide bonds. The highest BCUT2D eigenvalue weighted by Gasteiger charge is 2.37. The molecular formula is C19H23N3O3. The summed E-state index contributed by atoms with van der Waals surface area (Å²) in [5.41, 5.74) is 1.62. The third-order valence-corrected chi connectivity index (χ3v) is 5.52. The van der Waals surface area contributed by atoms with Crippen LogP contribution in [-0.2, 0) is 16.1 Å². The quantitative estimate of drug-likeness (QED) is 0.928. The van der Waals surface area contributed by atoms with Crippen LogP contribution in [0, 0.1) is 0 Å². The second kappa shape index (κ2) is 6.50. The highest BCUT2D eigenvalue weighted by Crippen LogP contribution is 2.34. The fourth-order valence-corrected chi connectivity index (χ4v) is 4.36. The average Bonchev–Trinajstić information content (AvgIpc) is 3.16. The Morgan fingerprint density at radius 1 is 1.20 bits per heavy atom. The van der Waals surface area contributed by atoms with Gasteiger partial charge in [-0.15, -0.1) is 0 Å². The van der Waals surface area contributed by atoms with Crippen molar-refractivity contribution < 1.29 is 14.7 Å². The van der Waals surface area contributed by atoms with Gasteiger partial charge in [-0.1, -0.05) is 31.4 Å². The zero-order chi connectivity index (χ0) is 17.4. The molecule has 1 unspecified atom stereocenters. The number of fused-ring (bicyclic) bond motifs is 1. The van der Waals surface area contributed by atoms with Crippen LogP contribution in [0.15, 0.2) is 24.3 Å². The van der Waals surface area contributed by atoms with E-state index in [1.54, 1.807) is 4.57 Å². The minimum Gasteiger partial charge on any atom is -0.480 e. The number of carboxylic acids is 1. The van der Waals surface area contributed by atoms with Crippen molar-refractivity contribution in [3.63, 3.8) is 0 Å². The standard InChI is InChI=1S/C19H23N3O3/c23-17-10-13(11-21(17)14-6-2-1-3-7-14)19-20-15-8-4-5-9-16(15)22(19)12-18(24)25/h4-5,8-9,13-14H,1-3,6-7,10-12H2,(H,24,25). The molecule has 1 saturated carbocycles. The Balaban J connectivity index is 1.65. The van der Waals surface area contributed by atoms with E-state index in [9.17, 15) is 14.7 Å². The molecule has 1 aromatic carbocycles. The normalized spacial score (nSPS) is 22.0. The number of hydrogen-bond acceptors (Lipinski definition) is 3. The van der Waals surface area contributed by atoms with Gasteiger partial charge >= 0.3 is 5.97 Å². The number of benzene rings is 1. The Morgan fingerprint density at radius 3 is 2.72 bits per heavy atom. The van der Waals surface area contributed by atoms with Crippen molar-refractivity contribution in [2.24, 2.45) is 0 Å². The third-order valence-electron chi connectivity index (χ3n) is 5.52. The SMILES string of the molecule is O=C(O)Cn1c(C2CC(=O)N(C3CCCCC3)C2)nc2ccccc21. The first-order chi connectivity index (χ1) is 12.1. The van der Waals surface area contributed by atoms with E-state index in [0.717, 1.165) is 29.7 Å². The molecule has 2 aliphatic rings. The van der Waals surface area contributed by atoms with Crippen LogP contribution in [0.2, 0.25) is 0 Å². The maximum atomic E-state index is 12.6. The number of likely N-dealkylation sites (tertiary alicyclic amines) is 1. The molecule has 2 heterocycles. The summed E-state index contributed by atoms with van der Waals surface area (Å²) in [5, 5.41) is 9.29. The smallest absolute Gasteiger partial charge is 0.323 e. The van der Waals surface area contributed by atoms with Crippen LogP contribution in [0.3, 0.4) is 0 Å². The van der Waals surface area contributed by atoms with E-state index < -0.39 is 5.97 Å². The number of rotatable bonds is 4. The zero-order valence-corrected chi connectivity index (χ0v) is 14.2. The third kappa shape index (κ3) is 3.01. The monoisotopic (exact) mass is 341 g/mol. The van der Waals surface area contributed by atoms with Crippen molar-refractivity contribution in [1.29, 1.82) is 0 Å². The summed E-state index contributed by atoms with van der Waals surface area (Å²) < 4.78 is 1.76. The molecule has 25 heavy (non-hydrogen) atoms. The van der Waals surface area contributed by atoms with E-state index in [-0.39, 0.29) is 18.4 Å². The van der Waals surface area contributed by atoms with Gasteiger partial charge in [-0.3, -0.25) is 9.59 Å². The maximum Gasteiger partial charge on any atom is 0.323 e. The number of aromatic nitrogens is 2.